The minimum atomic E-state index is -3.51. The maximum Gasteiger partial charge on any atom is 0.256 e. The van der Waals surface area contributed by atoms with E-state index in [-0.39, 0.29) is 23.1 Å². The Bertz CT molecular complexity index is 931. The van der Waals surface area contributed by atoms with Crippen molar-refractivity contribution in [3.8, 4) is 0 Å². The molecule has 0 aliphatic carbocycles. The number of fused-ring (bicyclic) bond motifs is 2. The van der Waals surface area contributed by atoms with Gasteiger partial charge < -0.3 is 15.5 Å². The molecule has 3 heterocycles. The number of amidine groups is 1. The van der Waals surface area contributed by atoms with E-state index >= 15 is 0 Å². The van der Waals surface area contributed by atoms with Crippen molar-refractivity contribution in [3.05, 3.63) is 58.8 Å². The number of hydrogen-bond acceptors (Lipinski definition) is 5. The Morgan fingerprint density at radius 3 is 3.00 bits per heavy atom. The lowest BCUT2D eigenvalue weighted by Gasteiger charge is -2.28. The highest BCUT2D eigenvalue weighted by atomic mass is 32.2. The van der Waals surface area contributed by atoms with Gasteiger partial charge in [-0.2, -0.15) is 0 Å². The maximum atomic E-state index is 12.5. The highest BCUT2D eigenvalue weighted by Gasteiger charge is 2.29. The number of sulfonamides is 1. The van der Waals surface area contributed by atoms with E-state index in [1.165, 1.54) is 11.1 Å². The van der Waals surface area contributed by atoms with Crippen molar-refractivity contribution in [1.82, 2.24) is 15.5 Å². The molecule has 0 saturated carbocycles. The summed E-state index contributed by atoms with van der Waals surface area (Å²) in [5.74, 6) is -0.174. The van der Waals surface area contributed by atoms with Crippen LogP contribution in [-0.4, -0.2) is 37.4 Å². The number of carbonyl (C=O) groups excluding carboxylic acids is 1. The van der Waals surface area contributed by atoms with Crippen LogP contribution in [0.25, 0.3) is 0 Å². The average molecular weight is 358 g/mol. The number of rotatable bonds is 3. The van der Waals surface area contributed by atoms with Crippen LogP contribution in [0.5, 0.6) is 0 Å². The molecule has 0 atom stereocenters. The number of carbonyl (C=O) groups is 1. The van der Waals surface area contributed by atoms with Crippen LogP contribution in [0.4, 0.5) is 0 Å². The van der Waals surface area contributed by atoms with Gasteiger partial charge in [-0.25, -0.2) is 8.42 Å². The van der Waals surface area contributed by atoms with E-state index in [0.29, 0.717) is 13.1 Å². The van der Waals surface area contributed by atoms with Crippen molar-refractivity contribution >= 4 is 21.8 Å². The molecule has 0 spiro atoms. The molecular weight excluding hydrogens is 340 g/mol. The van der Waals surface area contributed by atoms with Gasteiger partial charge in [0.2, 0.25) is 0 Å². The second-order valence-corrected chi connectivity index (χ2v) is 7.96. The van der Waals surface area contributed by atoms with E-state index in [2.05, 4.69) is 27.2 Å². The van der Waals surface area contributed by atoms with Gasteiger partial charge in [0.1, 0.15) is 0 Å². The third-order valence-electron chi connectivity index (χ3n) is 4.46. The molecule has 3 aliphatic rings. The van der Waals surface area contributed by atoms with Crippen LogP contribution in [-0.2, 0) is 34.5 Å². The van der Waals surface area contributed by atoms with Crippen molar-refractivity contribution in [2.75, 3.05) is 12.3 Å². The Kier molecular flexibility index (Phi) is 3.93. The van der Waals surface area contributed by atoms with E-state index in [9.17, 15) is 13.2 Å². The molecular formula is C17H18N4O3S. The highest BCUT2D eigenvalue weighted by Crippen LogP contribution is 2.19. The third-order valence-corrected chi connectivity index (χ3v) is 5.61. The lowest BCUT2D eigenvalue weighted by Crippen LogP contribution is -2.42. The topological polar surface area (TPSA) is 90.9 Å². The highest BCUT2D eigenvalue weighted by molar-refractivity contribution is 7.90. The van der Waals surface area contributed by atoms with E-state index in [4.69, 9.17) is 0 Å². The van der Waals surface area contributed by atoms with Crippen molar-refractivity contribution < 1.29 is 13.2 Å². The second-order valence-electron chi connectivity index (χ2n) is 6.21. The van der Waals surface area contributed by atoms with E-state index < -0.39 is 10.0 Å². The summed E-state index contributed by atoms with van der Waals surface area (Å²) in [7, 11) is -3.51. The first-order valence-corrected chi connectivity index (χ1v) is 9.70. The number of benzene rings is 1. The Morgan fingerprint density at radius 1 is 1.28 bits per heavy atom. The van der Waals surface area contributed by atoms with E-state index in [0.717, 1.165) is 18.7 Å². The number of nitrogens with one attached hydrogen (secondary N) is 2. The fraction of sp³-hybridized carbons (Fsp3) is 0.294. The fourth-order valence-corrected chi connectivity index (χ4v) is 4.11. The predicted molar refractivity (Wildman–Crippen MR) is 94.0 cm³/mol. The van der Waals surface area contributed by atoms with Crippen LogP contribution in [0.2, 0.25) is 0 Å². The molecule has 7 nitrogen and oxygen atoms in total. The minimum Gasteiger partial charge on any atom is -0.348 e. The average Bonchev–Trinajstić information content (AvgIpc) is 3.06. The van der Waals surface area contributed by atoms with Crippen LogP contribution in [0.1, 0.15) is 16.7 Å². The molecule has 0 bridgehead atoms. The fourth-order valence-electron chi connectivity index (χ4n) is 3.13. The molecule has 0 saturated heterocycles. The maximum absolute atomic E-state index is 12.5. The number of hydrogen-bond donors (Lipinski definition) is 2. The molecule has 3 aliphatic heterocycles. The zero-order chi connectivity index (χ0) is 17.4. The quantitative estimate of drug-likeness (QED) is 0.816. The zero-order valence-corrected chi connectivity index (χ0v) is 14.3. The van der Waals surface area contributed by atoms with Crippen molar-refractivity contribution in [1.29, 1.82) is 0 Å². The second kappa shape index (κ2) is 6.12. The summed E-state index contributed by atoms with van der Waals surface area (Å²) in [6.45, 7) is 2.41. The molecule has 0 radical (unpaired) electrons. The predicted octanol–water partition coefficient (Wildman–Crippen LogP) is 0.404. The van der Waals surface area contributed by atoms with Crippen LogP contribution in [0.15, 0.2) is 46.5 Å². The van der Waals surface area contributed by atoms with Crippen molar-refractivity contribution in [2.24, 2.45) is 4.40 Å². The van der Waals surface area contributed by atoms with Gasteiger partial charge >= 0.3 is 0 Å². The molecule has 8 heteroatoms. The SMILES string of the molecule is O=C(NCc1ccc2c(c1)CNC2)C1=CC=CN2CCS(=O)(=O)N=C12. The molecule has 0 unspecified atom stereocenters. The van der Waals surface area contributed by atoms with Gasteiger partial charge in [0, 0.05) is 32.4 Å². The Hall–Kier alpha value is -2.45. The summed E-state index contributed by atoms with van der Waals surface area (Å²) in [4.78, 5) is 14.2. The normalized spacial score (nSPS) is 20.4. The molecule has 1 aromatic carbocycles. The van der Waals surface area contributed by atoms with E-state index in [1.54, 1.807) is 23.3 Å². The van der Waals surface area contributed by atoms with Gasteiger partial charge in [-0.3, -0.25) is 4.79 Å². The largest absolute Gasteiger partial charge is 0.348 e. The van der Waals surface area contributed by atoms with Crippen molar-refractivity contribution in [2.45, 2.75) is 19.6 Å². The summed E-state index contributed by atoms with van der Waals surface area (Å²) in [5, 5.41) is 6.14. The number of nitrogens with zero attached hydrogens (tertiary/aromatic N) is 2. The third kappa shape index (κ3) is 3.22. The van der Waals surface area contributed by atoms with E-state index in [1.807, 2.05) is 6.07 Å². The van der Waals surface area contributed by atoms with Gasteiger partial charge in [0.25, 0.3) is 15.9 Å². The van der Waals surface area contributed by atoms with Gasteiger partial charge in [-0.05, 0) is 28.8 Å². The molecule has 4 rings (SSSR count). The van der Waals surface area contributed by atoms with Crippen molar-refractivity contribution in [3.63, 3.8) is 0 Å². The molecule has 130 valence electrons. The standard InChI is InChI=1S/C17H18N4O3S/c22-17(19-9-12-3-4-13-10-18-11-14(13)8-12)15-2-1-5-21-6-7-25(23,24)20-16(15)21/h1-5,8,18H,6-7,9-11H2,(H,19,22). The van der Waals surface area contributed by atoms with Crippen LogP contribution in [0, 0.1) is 0 Å². The lowest BCUT2D eigenvalue weighted by molar-refractivity contribution is -0.117. The van der Waals surface area contributed by atoms with Gasteiger partial charge in [-0.15, -0.1) is 4.40 Å². The molecule has 25 heavy (non-hydrogen) atoms. The van der Waals surface area contributed by atoms with Crippen LogP contribution < -0.4 is 10.6 Å². The summed E-state index contributed by atoms with van der Waals surface area (Å²) in [6, 6.07) is 6.15. The Morgan fingerprint density at radius 2 is 2.12 bits per heavy atom. The summed E-state index contributed by atoms with van der Waals surface area (Å²) in [5.41, 5.74) is 3.82. The molecule has 1 amide bonds. The monoisotopic (exact) mass is 358 g/mol. The zero-order valence-electron chi connectivity index (χ0n) is 13.5. The van der Waals surface area contributed by atoms with Gasteiger partial charge in [0.15, 0.2) is 5.84 Å². The minimum absolute atomic E-state index is 0.0428. The number of amides is 1. The van der Waals surface area contributed by atoms with Crippen LogP contribution in [0.3, 0.4) is 0 Å². The first kappa shape index (κ1) is 16.0. The first-order valence-electron chi connectivity index (χ1n) is 8.10. The molecule has 0 aromatic heterocycles. The molecule has 2 N–H and O–H groups in total. The molecule has 1 aromatic rings. The van der Waals surface area contributed by atoms with Gasteiger partial charge in [0.05, 0.1) is 11.3 Å². The lowest BCUT2D eigenvalue weighted by atomic mass is 10.1. The summed E-state index contributed by atoms with van der Waals surface area (Å²) in [6.07, 6.45) is 5.06. The summed E-state index contributed by atoms with van der Waals surface area (Å²) >= 11 is 0. The summed E-state index contributed by atoms with van der Waals surface area (Å²) < 4.78 is 27.3. The first-order chi connectivity index (χ1) is 12.0. The smallest absolute Gasteiger partial charge is 0.256 e. The van der Waals surface area contributed by atoms with Crippen LogP contribution >= 0.6 is 0 Å². The number of allylic oxidation sites excluding steroid dienone is 2. The molecule has 0 fully saturated rings. The van der Waals surface area contributed by atoms with Gasteiger partial charge in [-0.1, -0.05) is 18.2 Å². The Balaban J connectivity index is 1.50. The Labute approximate surface area is 146 Å².